The monoisotopic (exact) mass is 545 g/mol. The number of rotatable bonds is 8. The largest absolute Gasteiger partial charge is 0.490 e. The van der Waals surface area contributed by atoms with Gasteiger partial charge in [-0.1, -0.05) is 31.0 Å². The van der Waals surface area contributed by atoms with E-state index in [1.165, 1.54) is 11.0 Å². The fraction of sp³-hybridized carbons (Fsp3) is 0.407. The summed E-state index contributed by atoms with van der Waals surface area (Å²) >= 11 is 6.16. The predicted octanol–water partition coefficient (Wildman–Crippen LogP) is 4.76. The Bertz CT molecular complexity index is 1530. The maximum absolute atomic E-state index is 13.8. The van der Waals surface area contributed by atoms with Gasteiger partial charge in [0.15, 0.2) is 26.8 Å². The Morgan fingerprint density at radius 2 is 1.89 bits per heavy atom. The molecule has 196 valence electrons. The van der Waals surface area contributed by atoms with E-state index in [-0.39, 0.29) is 45.6 Å². The molecule has 5 rings (SSSR count). The van der Waals surface area contributed by atoms with Crippen molar-refractivity contribution in [1.29, 1.82) is 0 Å². The molecule has 10 heteroatoms. The van der Waals surface area contributed by atoms with E-state index in [1.807, 2.05) is 6.92 Å². The Morgan fingerprint density at radius 1 is 1.08 bits per heavy atom. The number of amides is 1. The first-order valence-corrected chi connectivity index (χ1v) is 14.6. The topological polar surface area (TPSA) is 103 Å². The van der Waals surface area contributed by atoms with Crippen molar-refractivity contribution in [1.82, 2.24) is 4.90 Å². The maximum atomic E-state index is 13.8. The number of benzene rings is 2. The van der Waals surface area contributed by atoms with Gasteiger partial charge in [-0.2, -0.15) is 0 Å². The van der Waals surface area contributed by atoms with Crippen molar-refractivity contribution in [2.24, 2.45) is 0 Å². The second kappa shape index (κ2) is 10.0. The van der Waals surface area contributed by atoms with E-state index in [0.717, 1.165) is 12.8 Å². The van der Waals surface area contributed by atoms with Crippen molar-refractivity contribution >= 4 is 38.3 Å². The number of halogens is 1. The lowest BCUT2D eigenvalue weighted by molar-refractivity contribution is 0.0662. The van der Waals surface area contributed by atoms with Crippen LogP contribution in [-0.2, 0) is 9.84 Å². The Hall–Kier alpha value is -3.04. The second-order valence-corrected chi connectivity index (χ2v) is 12.0. The van der Waals surface area contributed by atoms with Crippen molar-refractivity contribution in [2.75, 3.05) is 24.7 Å². The molecular weight excluding hydrogens is 518 g/mol. The summed E-state index contributed by atoms with van der Waals surface area (Å²) in [7, 11) is -3.30. The fourth-order valence-corrected chi connectivity index (χ4v) is 6.95. The first kappa shape index (κ1) is 25.6. The van der Waals surface area contributed by atoms with Crippen LogP contribution in [0.15, 0.2) is 45.6 Å². The average Bonchev–Trinajstić information content (AvgIpc) is 3.37. The molecule has 0 saturated carbocycles. The molecule has 37 heavy (non-hydrogen) atoms. The normalized spacial score (nSPS) is 20.4. The Labute approximate surface area is 220 Å². The molecular formula is C27H28ClNO7S. The highest BCUT2D eigenvalue weighted by Crippen LogP contribution is 2.43. The number of nitrogens with zero attached hydrogens (tertiary/aromatic N) is 1. The zero-order valence-electron chi connectivity index (χ0n) is 20.7. The zero-order chi connectivity index (χ0) is 26.3. The van der Waals surface area contributed by atoms with Gasteiger partial charge in [-0.3, -0.25) is 9.59 Å². The molecule has 0 spiro atoms. The second-order valence-electron chi connectivity index (χ2n) is 9.33. The number of ether oxygens (including phenoxy) is 2. The third kappa shape index (κ3) is 4.70. The SMILES string of the molecule is CCCCOc1ccc(C2c3c(oc4ccc(Cl)cc4c3=O)C(=O)N2C2CCS(=O)(=O)C2)cc1OCC. The summed E-state index contributed by atoms with van der Waals surface area (Å²) in [6.45, 7) is 4.86. The maximum Gasteiger partial charge on any atom is 0.291 e. The van der Waals surface area contributed by atoms with Gasteiger partial charge in [0, 0.05) is 11.1 Å². The van der Waals surface area contributed by atoms with Gasteiger partial charge >= 0.3 is 0 Å². The summed E-state index contributed by atoms with van der Waals surface area (Å²) in [6, 6.07) is 8.54. The smallest absolute Gasteiger partial charge is 0.291 e. The Kier molecular flexibility index (Phi) is 6.93. The highest BCUT2D eigenvalue weighted by Gasteiger charge is 2.48. The standard InChI is InChI=1S/C27H28ClNO7S/c1-3-5-11-35-21-8-6-16(13-22(21)34-4-2)24-23-25(30)19-14-17(28)7-9-20(19)36-26(23)27(31)29(24)18-10-12-37(32,33)15-18/h6-9,13-14,18,24H,3-5,10-12,15H2,1-2H3. The minimum absolute atomic E-state index is 0.0160. The molecule has 2 unspecified atom stereocenters. The molecule has 8 nitrogen and oxygen atoms in total. The number of hydrogen-bond donors (Lipinski definition) is 0. The molecule has 2 atom stereocenters. The van der Waals surface area contributed by atoms with Crippen molar-refractivity contribution in [3.05, 3.63) is 68.5 Å². The highest BCUT2D eigenvalue weighted by molar-refractivity contribution is 7.91. The van der Waals surface area contributed by atoms with Gasteiger partial charge in [0.1, 0.15) is 5.58 Å². The van der Waals surface area contributed by atoms with Crippen LogP contribution in [0.4, 0.5) is 0 Å². The van der Waals surface area contributed by atoms with Gasteiger partial charge < -0.3 is 18.8 Å². The Morgan fingerprint density at radius 3 is 2.59 bits per heavy atom. The molecule has 0 aliphatic carbocycles. The molecule has 1 aromatic heterocycles. The Balaban J connectivity index is 1.68. The van der Waals surface area contributed by atoms with E-state index in [1.54, 1.807) is 30.3 Å². The summed E-state index contributed by atoms with van der Waals surface area (Å²) in [6.07, 6.45) is 2.16. The summed E-state index contributed by atoms with van der Waals surface area (Å²) in [5.41, 5.74) is 0.653. The van der Waals surface area contributed by atoms with Gasteiger partial charge in [-0.05, 0) is 55.7 Å². The van der Waals surface area contributed by atoms with Crippen molar-refractivity contribution in [2.45, 2.75) is 45.2 Å². The van der Waals surface area contributed by atoms with E-state index in [4.69, 9.17) is 25.5 Å². The van der Waals surface area contributed by atoms with E-state index >= 15 is 0 Å². The van der Waals surface area contributed by atoms with Crippen LogP contribution >= 0.6 is 11.6 Å². The highest BCUT2D eigenvalue weighted by atomic mass is 35.5. The van der Waals surface area contributed by atoms with Crippen LogP contribution in [0.1, 0.15) is 60.8 Å². The van der Waals surface area contributed by atoms with Crippen molar-refractivity contribution < 1.29 is 27.1 Å². The minimum Gasteiger partial charge on any atom is -0.490 e. The predicted molar refractivity (Wildman–Crippen MR) is 141 cm³/mol. The van der Waals surface area contributed by atoms with Gasteiger partial charge in [0.2, 0.25) is 5.76 Å². The van der Waals surface area contributed by atoms with Gasteiger partial charge in [0.25, 0.3) is 5.91 Å². The van der Waals surface area contributed by atoms with Crippen LogP contribution in [0.2, 0.25) is 5.02 Å². The molecule has 2 aliphatic rings. The number of fused-ring (bicyclic) bond motifs is 2. The minimum atomic E-state index is -3.30. The van der Waals surface area contributed by atoms with Crippen LogP contribution < -0.4 is 14.9 Å². The lowest BCUT2D eigenvalue weighted by atomic mass is 9.97. The number of unbranched alkanes of at least 4 members (excludes halogenated alkanes) is 1. The summed E-state index contributed by atoms with van der Waals surface area (Å²) in [4.78, 5) is 29.0. The van der Waals surface area contributed by atoms with Crippen molar-refractivity contribution in [3.63, 3.8) is 0 Å². The molecule has 1 amide bonds. The summed E-state index contributed by atoms with van der Waals surface area (Å²) in [5, 5.41) is 0.626. The van der Waals surface area contributed by atoms with Crippen LogP contribution in [0, 0.1) is 0 Å². The third-order valence-corrected chi connectivity index (χ3v) is 8.79. The zero-order valence-corrected chi connectivity index (χ0v) is 22.2. The lowest BCUT2D eigenvalue weighted by Crippen LogP contribution is -2.40. The third-order valence-electron chi connectivity index (χ3n) is 6.81. The van der Waals surface area contributed by atoms with Crippen LogP contribution in [0.25, 0.3) is 11.0 Å². The van der Waals surface area contributed by atoms with Gasteiger partial charge in [-0.15, -0.1) is 0 Å². The van der Waals surface area contributed by atoms with Gasteiger partial charge in [0.05, 0.1) is 41.7 Å². The number of hydrogen-bond acceptors (Lipinski definition) is 7. The first-order valence-electron chi connectivity index (χ1n) is 12.4. The molecule has 0 N–H and O–H groups in total. The molecule has 1 saturated heterocycles. The summed E-state index contributed by atoms with van der Waals surface area (Å²) < 4.78 is 42.4. The van der Waals surface area contributed by atoms with Crippen LogP contribution in [0.5, 0.6) is 11.5 Å². The van der Waals surface area contributed by atoms with Crippen LogP contribution in [0.3, 0.4) is 0 Å². The van der Waals surface area contributed by atoms with E-state index in [9.17, 15) is 18.0 Å². The molecule has 3 aromatic rings. The number of sulfone groups is 1. The number of carbonyl (C=O) groups is 1. The van der Waals surface area contributed by atoms with E-state index in [2.05, 4.69) is 6.92 Å². The molecule has 1 fully saturated rings. The van der Waals surface area contributed by atoms with E-state index < -0.39 is 27.8 Å². The van der Waals surface area contributed by atoms with Crippen LogP contribution in [-0.4, -0.2) is 50.0 Å². The van der Waals surface area contributed by atoms with Crippen molar-refractivity contribution in [3.8, 4) is 11.5 Å². The quantitative estimate of drug-likeness (QED) is 0.376. The van der Waals surface area contributed by atoms with E-state index in [0.29, 0.717) is 35.3 Å². The molecule has 2 aliphatic heterocycles. The first-order chi connectivity index (χ1) is 17.7. The molecule has 3 heterocycles. The summed E-state index contributed by atoms with van der Waals surface area (Å²) in [5.74, 6) is 0.296. The molecule has 0 bridgehead atoms. The lowest BCUT2D eigenvalue weighted by Gasteiger charge is -2.30. The average molecular weight is 546 g/mol. The molecule has 0 radical (unpaired) electrons. The van der Waals surface area contributed by atoms with Gasteiger partial charge in [-0.25, -0.2) is 8.42 Å². The number of carbonyl (C=O) groups excluding carboxylic acids is 1. The molecule has 2 aromatic carbocycles. The fourth-order valence-electron chi connectivity index (χ4n) is 5.07.